The molecule has 0 saturated heterocycles. The summed E-state index contributed by atoms with van der Waals surface area (Å²) in [5.74, 6) is 0.565. The van der Waals surface area contributed by atoms with E-state index in [4.69, 9.17) is 0 Å². The molecule has 0 aromatic carbocycles. The molecule has 0 aliphatic rings. The number of amides is 1. The first-order valence-corrected chi connectivity index (χ1v) is 8.41. The Balaban J connectivity index is 1.80. The molecule has 0 bridgehead atoms. The van der Waals surface area contributed by atoms with E-state index in [-0.39, 0.29) is 5.91 Å². The van der Waals surface area contributed by atoms with Crippen LogP contribution >= 0.6 is 0 Å². The fourth-order valence-electron chi connectivity index (χ4n) is 2.28. The Morgan fingerprint density at radius 2 is 1.84 bits per heavy atom. The van der Waals surface area contributed by atoms with Gasteiger partial charge in [-0.25, -0.2) is 9.97 Å². The molecule has 7 heteroatoms. The maximum absolute atomic E-state index is 12.4. The average molecular weight is 342 g/mol. The number of carbonyl (C=O) groups excluding carboxylic acids is 1. The molecule has 0 fully saturated rings. The van der Waals surface area contributed by atoms with E-state index in [9.17, 15) is 4.79 Å². The van der Waals surface area contributed by atoms with Gasteiger partial charge in [-0.3, -0.25) is 9.78 Å². The third kappa shape index (κ3) is 6.46. The zero-order valence-corrected chi connectivity index (χ0v) is 15.1. The summed E-state index contributed by atoms with van der Waals surface area (Å²) in [6.45, 7) is 2.46. The van der Waals surface area contributed by atoms with Gasteiger partial charge in [0.1, 0.15) is 11.5 Å². The van der Waals surface area contributed by atoms with Crippen LogP contribution in [0.2, 0.25) is 0 Å². The number of nitrogens with one attached hydrogen (secondary N) is 1. The van der Waals surface area contributed by atoms with Crippen molar-refractivity contribution in [3.8, 4) is 0 Å². The quantitative estimate of drug-likeness (QED) is 0.697. The molecule has 1 amide bonds. The van der Waals surface area contributed by atoms with E-state index in [1.54, 1.807) is 30.5 Å². The normalized spacial score (nSPS) is 10.7. The fraction of sp³-hybridized carbons (Fsp3) is 0.444. The van der Waals surface area contributed by atoms with Gasteiger partial charge in [0, 0.05) is 32.5 Å². The van der Waals surface area contributed by atoms with Crippen LogP contribution in [0.4, 0.5) is 5.82 Å². The highest BCUT2D eigenvalue weighted by Gasteiger charge is 2.13. The lowest BCUT2D eigenvalue weighted by Crippen LogP contribution is -2.29. The molecule has 0 unspecified atom stereocenters. The fourth-order valence-corrected chi connectivity index (χ4v) is 2.28. The first kappa shape index (κ1) is 18.8. The third-order valence-corrected chi connectivity index (χ3v) is 3.79. The maximum atomic E-state index is 12.4. The topological polar surface area (TPSA) is 74.2 Å². The minimum Gasteiger partial charge on any atom is -0.369 e. The Morgan fingerprint density at radius 1 is 1.08 bits per heavy atom. The maximum Gasteiger partial charge on any atom is 0.273 e. The number of pyridine rings is 1. The van der Waals surface area contributed by atoms with Crippen molar-refractivity contribution in [1.29, 1.82) is 0 Å². The van der Waals surface area contributed by atoms with Gasteiger partial charge < -0.3 is 15.1 Å². The number of hydrogen-bond donors (Lipinski definition) is 1. The van der Waals surface area contributed by atoms with Gasteiger partial charge in [-0.05, 0) is 51.2 Å². The molecule has 0 spiro atoms. The molecule has 0 saturated carbocycles. The van der Waals surface area contributed by atoms with Gasteiger partial charge in [0.15, 0.2) is 0 Å². The Kier molecular flexibility index (Phi) is 7.28. The number of aromatic nitrogens is 3. The zero-order chi connectivity index (χ0) is 18.1. The highest BCUT2D eigenvalue weighted by molar-refractivity contribution is 5.91. The summed E-state index contributed by atoms with van der Waals surface area (Å²) in [7, 11) is 5.87. The molecule has 1 N–H and O–H groups in total. The number of hydrogen-bond acceptors (Lipinski definition) is 6. The van der Waals surface area contributed by atoms with Crippen molar-refractivity contribution in [1.82, 2.24) is 24.8 Å². The number of nitrogens with zero attached hydrogens (tertiary/aromatic N) is 5. The highest BCUT2D eigenvalue weighted by Crippen LogP contribution is 2.05. The van der Waals surface area contributed by atoms with Crippen LogP contribution in [0, 0.1) is 0 Å². The van der Waals surface area contributed by atoms with Gasteiger partial charge >= 0.3 is 0 Å². The van der Waals surface area contributed by atoms with E-state index in [1.165, 1.54) is 6.20 Å². The zero-order valence-electron chi connectivity index (χ0n) is 15.1. The lowest BCUT2D eigenvalue weighted by atomic mass is 10.2. The Labute approximate surface area is 149 Å². The molecule has 0 atom stereocenters. The largest absolute Gasteiger partial charge is 0.369 e. The standard InChI is InChI=1S/C18H26N6O/c1-23(2)11-4-8-20-17-14-21-16(13-22-17)18(25)24(3)12-7-15-5-9-19-10-6-15/h5-6,9-10,13-14H,4,7-8,11-12H2,1-3H3,(H,20,22). The molecule has 25 heavy (non-hydrogen) atoms. The van der Waals surface area contributed by atoms with Gasteiger partial charge in [-0.1, -0.05) is 0 Å². The van der Waals surface area contributed by atoms with Crippen molar-refractivity contribution >= 4 is 11.7 Å². The van der Waals surface area contributed by atoms with Crippen LogP contribution in [0.15, 0.2) is 36.9 Å². The van der Waals surface area contributed by atoms with Gasteiger partial charge in [0.2, 0.25) is 0 Å². The molecule has 134 valence electrons. The summed E-state index contributed by atoms with van der Waals surface area (Å²) in [6.07, 6.45) is 8.45. The Morgan fingerprint density at radius 3 is 2.48 bits per heavy atom. The number of anilines is 1. The lowest BCUT2D eigenvalue weighted by molar-refractivity contribution is 0.0790. The average Bonchev–Trinajstić information content (AvgIpc) is 2.64. The first-order valence-electron chi connectivity index (χ1n) is 8.41. The van der Waals surface area contributed by atoms with Crippen LogP contribution in [0.3, 0.4) is 0 Å². The predicted octanol–water partition coefficient (Wildman–Crippen LogP) is 1.55. The highest BCUT2D eigenvalue weighted by atomic mass is 16.2. The monoisotopic (exact) mass is 342 g/mol. The van der Waals surface area contributed by atoms with Gasteiger partial charge in [-0.15, -0.1) is 0 Å². The van der Waals surface area contributed by atoms with Crippen molar-refractivity contribution in [2.75, 3.05) is 46.1 Å². The predicted molar refractivity (Wildman–Crippen MR) is 98.6 cm³/mol. The van der Waals surface area contributed by atoms with Gasteiger partial charge in [0.25, 0.3) is 5.91 Å². The minimum atomic E-state index is -0.124. The van der Waals surface area contributed by atoms with Crippen LogP contribution in [-0.4, -0.2) is 71.4 Å². The van der Waals surface area contributed by atoms with Gasteiger partial charge in [0.05, 0.1) is 12.4 Å². The Hall–Kier alpha value is -2.54. The van der Waals surface area contributed by atoms with Crippen molar-refractivity contribution in [3.63, 3.8) is 0 Å². The molecule has 0 aliphatic heterocycles. The second kappa shape index (κ2) is 9.68. The molecule has 2 heterocycles. The van der Waals surface area contributed by atoms with Crippen LogP contribution in [-0.2, 0) is 6.42 Å². The van der Waals surface area contributed by atoms with Crippen molar-refractivity contribution in [3.05, 3.63) is 48.2 Å². The molecule has 7 nitrogen and oxygen atoms in total. The Bertz CT molecular complexity index is 644. The summed E-state index contributed by atoms with van der Waals surface area (Å²) < 4.78 is 0. The van der Waals surface area contributed by atoms with Crippen molar-refractivity contribution in [2.45, 2.75) is 12.8 Å². The number of carbonyl (C=O) groups is 1. The van der Waals surface area contributed by atoms with Crippen LogP contribution in [0.1, 0.15) is 22.5 Å². The lowest BCUT2D eigenvalue weighted by Gasteiger charge is -2.16. The van der Waals surface area contributed by atoms with Crippen molar-refractivity contribution < 1.29 is 4.79 Å². The molecular weight excluding hydrogens is 316 g/mol. The molecule has 0 aliphatic carbocycles. The second-order valence-corrected chi connectivity index (χ2v) is 6.20. The minimum absolute atomic E-state index is 0.124. The van der Waals surface area contributed by atoms with Crippen LogP contribution < -0.4 is 5.32 Å². The van der Waals surface area contributed by atoms with E-state index < -0.39 is 0 Å². The molecule has 2 rings (SSSR count). The SMILES string of the molecule is CN(C)CCCNc1cnc(C(=O)N(C)CCc2ccncc2)cn1. The molecule has 2 aromatic heterocycles. The van der Waals surface area contributed by atoms with E-state index in [0.29, 0.717) is 18.1 Å². The second-order valence-electron chi connectivity index (χ2n) is 6.20. The summed E-state index contributed by atoms with van der Waals surface area (Å²) in [5.41, 5.74) is 1.51. The van der Waals surface area contributed by atoms with E-state index in [2.05, 4.69) is 25.2 Å². The van der Waals surface area contributed by atoms with Crippen LogP contribution in [0.5, 0.6) is 0 Å². The molecule has 0 radical (unpaired) electrons. The van der Waals surface area contributed by atoms with Crippen molar-refractivity contribution in [2.24, 2.45) is 0 Å². The molecular formula is C18H26N6O. The van der Waals surface area contributed by atoms with E-state index >= 15 is 0 Å². The van der Waals surface area contributed by atoms with Gasteiger partial charge in [-0.2, -0.15) is 0 Å². The first-order chi connectivity index (χ1) is 12.1. The van der Waals surface area contributed by atoms with Crippen LogP contribution in [0.25, 0.3) is 0 Å². The number of likely N-dealkylation sites (N-methyl/N-ethyl adjacent to an activating group) is 1. The molecule has 2 aromatic rings. The smallest absolute Gasteiger partial charge is 0.273 e. The number of rotatable bonds is 9. The summed E-state index contributed by atoms with van der Waals surface area (Å²) >= 11 is 0. The third-order valence-electron chi connectivity index (χ3n) is 3.79. The van der Waals surface area contributed by atoms with E-state index in [0.717, 1.165) is 31.5 Å². The summed E-state index contributed by atoms with van der Waals surface area (Å²) in [6, 6.07) is 3.91. The summed E-state index contributed by atoms with van der Waals surface area (Å²) in [5, 5.41) is 3.21. The van der Waals surface area contributed by atoms with E-state index in [1.807, 2.05) is 26.2 Å². The summed E-state index contributed by atoms with van der Waals surface area (Å²) in [4.78, 5) is 28.7.